The zero-order valence-corrected chi connectivity index (χ0v) is 53.8. The number of halogens is 6. The molecule has 496 valence electrons. The van der Waals surface area contributed by atoms with Crippen LogP contribution in [0.5, 0.6) is 0 Å². The maximum atomic E-state index is 13.6. The van der Waals surface area contributed by atoms with Gasteiger partial charge in [-0.15, -0.1) is 0 Å². The van der Waals surface area contributed by atoms with E-state index in [0.717, 1.165) is 123 Å². The summed E-state index contributed by atoms with van der Waals surface area (Å²) in [6, 6.07) is 39.6. The lowest BCUT2D eigenvalue weighted by molar-refractivity contribution is 0.101. The normalized spacial score (nSPS) is 18.2. The van der Waals surface area contributed by atoms with E-state index in [0.29, 0.717) is 23.3 Å². The number of imidazole rings is 6. The first-order valence-electron chi connectivity index (χ1n) is 32.6. The Morgan fingerprint density at radius 3 is 1.06 bits per heavy atom. The van der Waals surface area contributed by atoms with Crippen molar-refractivity contribution in [3.05, 3.63) is 321 Å². The molecule has 6 aromatic heterocycles. The third-order valence-corrected chi connectivity index (χ3v) is 19.4. The Hall–Kier alpha value is -11.7. The van der Waals surface area contributed by atoms with Crippen LogP contribution in [0.1, 0.15) is 176 Å². The van der Waals surface area contributed by atoms with Gasteiger partial charge in [-0.25, -0.2) is 56.2 Å². The summed E-state index contributed by atoms with van der Waals surface area (Å²) in [7, 11) is 0. The van der Waals surface area contributed by atoms with Crippen molar-refractivity contribution in [2.24, 2.45) is 0 Å². The van der Waals surface area contributed by atoms with Crippen LogP contribution in [0.4, 0.5) is 26.3 Å². The quantitative estimate of drug-likeness (QED) is 0.109. The molecule has 18 rings (SSSR count). The Morgan fingerprint density at radius 2 is 0.707 bits per heavy atom. The predicted molar refractivity (Wildman–Crippen MR) is 355 cm³/mol. The van der Waals surface area contributed by atoms with E-state index in [-0.39, 0.29) is 34.9 Å². The van der Waals surface area contributed by atoms with Crippen LogP contribution in [0, 0.1) is 68.9 Å². The number of carbonyl (C=O) groups is 1. The van der Waals surface area contributed by atoms with Crippen LogP contribution >= 0.6 is 0 Å². The van der Waals surface area contributed by atoms with Crippen molar-refractivity contribution in [2.45, 2.75) is 120 Å². The summed E-state index contributed by atoms with van der Waals surface area (Å²) in [5, 5.41) is 26.1. The van der Waals surface area contributed by atoms with Gasteiger partial charge in [-0.3, -0.25) is 4.79 Å². The van der Waals surface area contributed by atoms with Crippen LogP contribution < -0.4 is 0 Å². The molecular weight excluding hydrogens is 1260 g/mol. The molecule has 6 aliphatic heterocycles. The number of aromatic nitrogens is 12. The Morgan fingerprint density at radius 1 is 0.364 bits per heavy atom. The highest BCUT2D eigenvalue weighted by Crippen LogP contribution is 2.40. The van der Waals surface area contributed by atoms with E-state index >= 15 is 0 Å². The number of carbonyl (C=O) groups excluding carboxylic acids is 1. The van der Waals surface area contributed by atoms with Crippen LogP contribution in [0.2, 0.25) is 0 Å². The number of Topliss-reactive ketones (excluding diaryl/α,β-unsaturated/α-hetero) is 1. The number of hydrogen-bond donors (Lipinski definition) is 0. The smallest absolute Gasteiger partial charge is 0.159 e. The van der Waals surface area contributed by atoms with Gasteiger partial charge in [0.2, 0.25) is 0 Å². The summed E-state index contributed by atoms with van der Waals surface area (Å²) < 4.78 is 92.4. The fourth-order valence-electron chi connectivity index (χ4n) is 14.3. The number of hydrogen-bond acceptors (Lipinski definition) is 10. The van der Waals surface area contributed by atoms with Crippen molar-refractivity contribution in [1.29, 1.82) is 15.8 Å². The first-order chi connectivity index (χ1) is 48.2. The molecule has 12 heterocycles. The second-order valence-corrected chi connectivity index (χ2v) is 25.1. The molecule has 0 N–H and O–H groups in total. The Labute approximate surface area is 567 Å². The lowest BCUT2D eigenvalue weighted by atomic mass is 9.94. The molecule has 6 atom stereocenters. The van der Waals surface area contributed by atoms with E-state index in [1.54, 1.807) is 62.6 Å². The lowest BCUT2D eigenvalue weighted by Gasteiger charge is -2.10. The van der Waals surface area contributed by atoms with Crippen molar-refractivity contribution in [1.82, 2.24) is 57.3 Å². The van der Waals surface area contributed by atoms with Crippen LogP contribution in [0.15, 0.2) is 196 Å². The highest BCUT2D eigenvalue weighted by atomic mass is 19.2. The number of rotatable bonds is 7. The highest BCUT2D eigenvalue weighted by molar-refractivity contribution is 5.94. The number of fused-ring (bicyclic) bond motifs is 6. The van der Waals surface area contributed by atoms with Gasteiger partial charge in [-0.05, 0) is 139 Å². The molecule has 6 unspecified atom stereocenters. The number of benzene rings is 6. The molecule has 16 nitrogen and oxygen atoms in total. The zero-order valence-electron chi connectivity index (χ0n) is 53.8. The maximum Gasteiger partial charge on any atom is 0.159 e. The summed E-state index contributed by atoms with van der Waals surface area (Å²) in [4.78, 5) is 35.8. The maximum absolute atomic E-state index is 13.6. The fourth-order valence-corrected chi connectivity index (χ4v) is 14.3. The molecule has 22 heteroatoms. The molecule has 6 aliphatic rings. The monoisotopic (exact) mass is 1330 g/mol. The Balaban J connectivity index is 0.000000107. The molecule has 0 aliphatic carbocycles. The second-order valence-electron chi connectivity index (χ2n) is 25.1. The second kappa shape index (κ2) is 29.3. The van der Waals surface area contributed by atoms with Crippen LogP contribution in [-0.2, 0) is 39.3 Å². The minimum atomic E-state index is -0.800. The molecule has 0 radical (unpaired) electrons. The molecule has 0 fully saturated rings. The topological polar surface area (TPSA) is 195 Å². The molecule has 12 aromatic rings. The van der Waals surface area contributed by atoms with Gasteiger partial charge in [0, 0.05) is 152 Å². The molecule has 0 saturated carbocycles. The average Bonchev–Trinajstić information content (AvgIpc) is 1.72. The van der Waals surface area contributed by atoms with E-state index in [4.69, 9.17) is 15.8 Å². The van der Waals surface area contributed by atoms with Gasteiger partial charge >= 0.3 is 0 Å². The van der Waals surface area contributed by atoms with Gasteiger partial charge in [0.05, 0.1) is 55.2 Å². The third-order valence-electron chi connectivity index (χ3n) is 19.4. The molecule has 0 bridgehead atoms. The van der Waals surface area contributed by atoms with Gasteiger partial charge < -0.3 is 27.4 Å². The molecule has 0 amide bonds. The van der Waals surface area contributed by atoms with Gasteiger partial charge in [-0.1, -0.05) is 60.7 Å². The van der Waals surface area contributed by atoms with E-state index in [2.05, 4.69) is 66.4 Å². The van der Waals surface area contributed by atoms with Gasteiger partial charge in [-0.2, -0.15) is 15.8 Å². The standard InChI is InChI=1S/C14H14N2O.C13H9F2N3.C13H10FN3.C13H11N3.C12H10F2N2.C12H11FN2/c1-10(17)11-2-4-12(5-3-11)13-6-7-16-9-15-8-14(13)16;14-11-3-8(4-12(15)10(11)5-16)9-1-2-18-7-17-6-13(9)18;14-12-5-9(1-2-10(12)6-15)11-3-4-17-8-16-7-13(11)17;14-7-10-1-3-11(4-2-10)12-5-6-16-9-15-8-13(12)16;13-10-2-1-8(5-11(10)14)9-3-4-16-7-15-6-12(9)16;13-10-3-1-2-9(6-10)11-4-5-15-8-14-7-12(11)15/h2-5,8-9,13H,6-7H2,1H3;3-4,6-7,9H,1-2H2;1-2,5,7-8,11H,3-4H2;1-4,8-9,12H,5-6H2;1-2,5-7,9H,3-4H2;1-3,6-8,11H,4-5H2. The minimum Gasteiger partial charge on any atom is -0.334 e. The van der Waals surface area contributed by atoms with Crippen molar-refractivity contribution < 1.29 is 31.1 Å². The van der Waals surface area contributed by atoms with Crippen LogP contribution in [0.3, 0.4) is 0 Å². The van der Waals surface area contributed by atoms with Gasteiger partial charge in [0.25, 0.3) is 0 Å². The minimum absolute atomic E-state index is 0.0516. The first kappa shape index (κ1) is 65.9. The van der Waals surface area contributed by atoms with Gasteiger partial charge in [0.15, 0.2) is 17.4 Å². The summed E-state index contributed by atoms with van der Waals surface area (Å²) in [6.45, 7) is 7.26. The molecule has 0 spiro atoms. The molecule has 99 heavy (non-hydrogen) atoms. The number of nitrogens with zero attached hydrogens (tertiary/aromatic N) is 15. The predicted octanol–water partition coefficient (Wildman–Crippen LogP) is 15.2. The number of aryl methyl sites for hydroxylation is 6. The highest BCUT2D eigenvalue weighted by Gasteiger charge is 2.30. The zero-order chi connectivity index (χ0) is 68.7. The van der Waals surface area contributed by atoms with E-state index in [1.165, 1.54) is 70.7 Å². The average molecular weight is 1330 g/mol. The summed E-state index contributed by atoms with van der Waals surface area (Å²) >= 11 is 0. The third kappa shape index (κ3) is 14.1. The van der Waals surface area contributed by atoms with Crippen molar-refractivity contribution in [3.8, 4) is 18.2 Å². The number of nitriles is 3. The Bertz CT molecular complexity index is 4980. The van der Waals surface area contributed by atoms with E-state index in [9.17, 15) is 31.1 Å². The van der Waals surface area contributed by atoms with Crippen LogP contribution in [0.25, 0.3) is 0 Å². The molecule has 0 saturated heterocycles. The van der Waals surface area contributed by atoms with Crippen LogP contribution in [-0.4, -0.2) is 63.1 Å². The van der Waals surface area contributed by atoms with Crippen molar-refractivity contribution in [3.63, 3.8) is 0 Å². The van der Waals surface area contributed by atoms with Gasteiger partial charge in [0.1, 0.15) is 41.0 Å². The van der Waals surface area contributed by atoms with Crippen molar-refractivity contribution >= 4 is 5.78 Å². The van der Waals surface area contributed by atoms with E-state index in [1.807, 2.05) is 108 Å². The first-order valence-corrected chi connectivity index (χ1v) is 32.6. The number of ketones is 1. The van der Waals surface area contributed by atoms with E-state index < -0.39 is 34.6 Å². The molecule has 6 aromatic carbocycles. The molecular formula is C77H65F6N15O. The SMILES string of the molecule is CC(=O)c1ccc(C2CCn3cncc32)cc1.Fc1ccc(C2CCn3cncc32)cc1F.Fc1cccc(C2CCn3cncc32)c1.N#Cc1c(F)cc(C2CCn3cncc32)cc1F.N#Cc1ccc(C2CCn3cncc32)cc1.N#Cc1ccc(C2CCn3cncc32)cc1F. The van der Waals surface area contributed by atoms with Crippen molar-refractivity contribution in [2.75, 3.05) is 0 Å². The lowest BCUT2D eigenvalue weighted by Crippen LogP contribution is -2.00. The summed E-state index contributed by atoms with van der Waals surface area (Å²) in [5.74, 6) is -2.21. The Kier molecular flexibility index (Phi) is 19.5. The fraction of sp³-hybridized carbons (Fsp3) is 0.247. The summed E-state index contributed by atoms with van der Waals surface area (Å²) in [6.07, 6.45) is 28.0. The summed E-state index contributed by atoms with van der Waals surface area (Å²) in [5.41, 5.74) is 13.9. The largest absolute Gasteiger partial charge is 0.334 e.